The van der Waals surface area contributed by atoms with Crippen molar-refractivity contribution in [2.45, 2.75) is 24.7 Å². The first-order valence-corrected chi connectivity index (χ1v) is 4.55. The summed E-state index contributed by atoms with van der Waals surface area (Å²) in [7, 11) is 0. The molecule has 2 fully saturated rings. The van der Waals surface area contributed by atoms with E-state index >= 15 is 0 Å². The molecule has 2 rings (SSSR count). The van der Waals surface area contributed by atoms with Gasteiger partial charge in [0.1, 0.15) is 24.8 Å². The van der Waals surface area contributed by atoms with E-state index in [2.05, 4.69) is 0 Å². The molecule has 0 aromatic carbocycles. The first-order valence-electron chi connectivity index (χ1n) is 4.55. The monoisotopic (exact) mass is 174 g/mol. The van der Waals surface area contributed by atoms with E-state index in [1.807, 2.05) is 0 Å². The van der Waals surface area contributed by atoms with E-state index in [1.165, 1.54) is 4.90 Å². The van der Waals surface area contributed by atoms with Crippen LogP contribution in [0, 0.1) is 5.92 Å². The molecule has 1 unspecified atom stereocenters. The van der Waals surface area contributed by atoms with Gasteiger partial charge in [0.25, 0.3) is 0 Å². The maximum Gasteiger partial charge on any atom is 0.122 e. The van der Waals surface area contributed by atoms with E-state index in [9.17, 15) is 10.2 Å². The van der Waals surface area contributed by atoms with Crippen LogP contribution in [0.1, 0.15) is 6.42 Å². The average Bonchev–Trinajstić information content (AvgIpc) is 2.52. The third kappa shape index (κ3) is 1.07. The lowest BCUT2D eigenvalue weighted by molar-refractivity contribution is -0.903. The number of quaternary nitrogens is 1. The number of hydrogen-bond acceptors (Lipinski definition) is 3. The number of aliphatic hydroxyl groups excluding tert-OH is 3. The fourth-order valence-electron chi connectivity index (χ4n) is 2.67. The highest BCUT2D eigenvalue weighted by molar-refractivity contribution is 4.88. The fraction of sp³-hybridized carbons (Fsp3) is 1.00. The van der Waals surface area contributed by atoms with Gasteiger partial charge < -0.3 is 20.2 Å². The molecule has 2 heterocycles. The van der Waals surface area contributed by atoms with Crippen molar-refractivity contribution in [3.05, 3.63) is 0 Å². The van der Waals surface area contributed by atoms with Crippen molar-refractivity contribution in [3.63, 3.8) is 0 Å². The molecule has 0 spiro atoms. The molecule has 0 aromatic heterocycles. The average molecular weight is 174 g/mol. The van der Waals surface area contributed by atoms with Crippen LogP contribution in [0.15, 0.2) is 0 Å². The first-order chi connectivity index (χ1) is 5.74. The van der Waals surface area contributed by atoms with Crippen molar-refractivity contribution < 1.29 is 20.2 Å². The number of hydrogen-bond donors (Lipinski definition) is 4. The highest BCUT2D eigenvalue weighted by Gasteiger charge is 2.51. The molecule has 0 radical (unpaired) electrons. The molecule has 2 aliphatic rings. The topological polar surface area (TPSA) is 65.1 Å². The third-order valence-electron chi connectivity index (χ3n) is 3.28. The summed E-state index contributed by atoms with van der Waals surface area (Å²) < 4.78 is 0. The molecule has 0 bridgehead atoms. The van der Waals surface area contributed by atoms with E-state index in [0.717, 1.165) is 13.0 Å². The van der Waals surface area contributed by atoms with E-state index in [0.29, 0.717) is 6.54 Å². The normalized spacial score (nSPS) is 52.8. The van der Waals surface area contributed by atoms with Gasteiger partial charge in [0.05, 0.1) is 19.1 Å². The number of rotatable bonds is 1. The lowest BCUT2D eigenvalue weighted by atomic mass is 9.95. The van der Waals surface area contributed by atoms with Crippen LogP contribution in [-0.2, 0) is 0 Å². The summed E-state index contributed by atoms with van der Waals surface area (Å²) in [6.07, 6.45) is 0.0581. The Balaban J connectivity index is 2.12. The summed E-state index contributed by atoms with van der Waals surface area (Å²) in [6.45, 7) is 1.61. The Morgan fingerprint density at radius 2 is 2.00 bits per heavy atom. The molecule has 0 amide bonds. The molecule has 0 aromatic rings. The number of fused-ring (bicyclic) bond motifs is 1. The Labute approximate surface area is 71.4 Å². The highest BCUT2D eigenvalue weighted by Crippen LogP contribution is 2.19. The van der Waals surface area contributed by atoms with Gasteiger partial charge in [-0.05, 0) is 0 Å². The molecule has 2 saturated heterocycles. The van der Waals surface area contributed by atoms with Gasteiger partial charge in [-0.3, -0.25) is 0 Å². The Morgan fingerprint density at radius 3 is 2.67 bits per heavy atom. The smallest absolute Gasteiger partial charge is 0.122 e. The lowest BCUT2D eigenvalue weighted by Gasteiger charge is -2.18. The van der Waals surface area contributed by atoms with Gasteiger partial charge in [0.15, 0.2) is 0 Å². The highest BCUT2D eigenvalue weighted by atomic mass is 16.3. The molecule has 4 nitrogen and oxygen atoms in total. The molecule has 4 N–H and O–H groups in total. The molecular formula is C8H16NO3+. The summed E-state index contributed by atoms with van der Waals surface area (Å²) in [5, 5.41) is 28.1. The molecule has 0 saturated carbocycles. The largest absolute Gasteiger partial charge is 0.396 e. The SMILES string of the molecule is OC[C@@H]1[C@@H]2[C@H](O)CC[NH+]2C[C@@H]1O. The molecule has 0 aliphatic carbocycles. The summed E-state index contributed by atoms with van der Waals surface area (Å²) in [5.74, 6) is -0.113. The summed E-state index contributed by atoms with van der Waals surface area (Å²) in [6, 6.07) is 0.0741. The molecule has 70 valence electrons. The summed E-state index contributed by atoms with van der Waals surface area (Å²) in [4.78, 5) is 1.26. The van der Waals surface area contributed by atoms with Crippen molar-refractivity contribution in [2.75, 3.05) is 19.7 Å². The van der Waals surface area contributed by atoms with Gasteiger partial charge >= 0.3 is 0 Å². The Morgan fingerprint density at radius 1 is 1.25 bits per heavy atom. The van der Waals surface area contributed by atoms with Gasteiger partial charge in [-0.2, -0.15) is 0 Å². The zero-order valence-corrected chi connectivity index (χ0v) is 6.98. The van der Waals surface area contributed by atoms with Crippen LogP contribution in [-0.4, -0.2) is 53.3 Å². The minimum atomic E-state index is -0.426. The summed E-state index contributed by atoms with van der Waals surface area (Å²) >= 11 is 0. The maximum atomic E-state index is 9.58. The lowest BCUT2D eigenvalue weighted by Crippen LogP contribution is -3.12. The molecule has 4 heteroatoms. The maximum absolute atomic E-state index is 9.58. The minimum absolute atomic E-state index is 0.00755. The second-order valence-corrected chi connectivity index (χ2v) is 3.91. The first kappa shape index (κ1) is 8.44. The fourth-order valence-corrected chi connectivity index (χ4v) is 2.67. The number of nitrogens with one attached hydrogen (secondary N) is 1. The predicted octanol–water partition coefficient (Wildman–Crippen LogP) is -3.01. The zero-order valence-electron chi connectivity index (χ0n) is 6.98. The van der Waals surface area contributed by atoms with Crippen molar-refractivity contribution >= 4 is 0 Å². The minimum Gasteiger partial charge on any atom is -0.396 e. The van der Waals surface area contributed by atoms with Crippen LogP contribution in [0.4, 0.5) is 0 Å². The quantitative estimate of drug-likeness (QED) is 0.342. The Hall–Kier alpha value is -0.160. The van der Waals surface area contributed by atoms with Gasteiger partial charge in [0, 0.05) is 6.42 Å². The molecule has 12 heavy (non-hydrogen) atoms. The standard InChI is InChI=1S/C8H15NO3/c10-4-5-7(12)3-9-2-1-6(11)8(5)9/h5-8,10-12H,1-4H2/p+1/t5-,6+,7-,8+/m0/s1. The van der Waals surface area contributed by atoms with Crippen LogP contribution in [0.5, 0.6) is 0 Å². The van der Waals surface area contributed by atoms with Crippen molar-refractivity contribution in [2.24, 2.45) is 5.92 Å². The molecule has 2 aliphatic heterocycles. The predicted molar refractivity (Wildman–Crippen MR) is 41.7 cm³/mol. The molecular weight excluding hydrogens is 158 g/mol. The third-order valence-corrected chi connectivity index (χ3v) is 3.28. The Bertz CT molecular complexity index is 176. The van der Waals surface area contributed by atoms with Gasteiger partial charge in [-0.25, -0.2) is 0 Å². The van der Waals surface area contributed by atoms with Crippen molar-refractivity contribution in [1.29, 1.82) is 0 Å². The van der Waals surface area contributed by atoms with E-state index in [4.69, 9.17) is 5.11 Å². The van der Waals surface area contributed by atoms with Gasteiger partial charge in [0.2, 0.25) is 0 Å². The van der Waals surface area contributed by atoms with Gasteiger partial charge in [-0.1, -0.05) is 0 Å². The van der Waals surface area contributed by atoms with E-state index < -0.39 is 6.10 Å². The summed E-state index contributed by atoms with van der Waals surface area (Å²) in [5.41, 5.74) is 0. The van der Waals surface area contributed by atoms with Crippen LogP contribution >= 0.6 is 0 Å². The zero-order chi connectivity index (χ0) is 8.72. The van der Waals surface area contributed by atoms with Crippen molar-refractivity contribution in [1.82, 2.24) is 0 Å². The van der Waals surface area contributed by atoms with E-state index in [1.54, 1.807) is 0 Å². The van der Waals surface area contributed by atoms with Crippen LogP contribution < -0.4 is 4.90 Å². The van der Waals surface area contributed by atoms with Gasteiger partial charge in [-0.15, -0.1) is 0 Å². The number of aliphatic hydroxyl groups is 3. The van der Waals surface area contributed by atoms with Crippen LogP contribution in [0.2, 0.25) is 0 Å². The van der Waals surface area contributed by atoms with Crippen LogP contribution in [0.3, 0.4) is 0 Å². The van der Waals surface area contributed by atoms with Crippen molar-refractivity contribution in [3.8, 4) is 0 Å². The van der Waals surface area contributed by atoms with Crippen LogP contribution in [0.25, 0.3) is 0 Å². The molecule has 5 atom stereocenters. The van der Waals surface area contributed by atoms with E-state index in [-0.39, 0.29) is 24.7 Å². The Kier molecular flexibility index (Phi) is 2.08. The second-order valence-electron chi connectivity index (χ2n) is 3.91. The second kappa shape index (κ2) is 2.96.